The first-order chi connectivity index (χ1) is 18.7. The van der Waals surface area contributed by atoms with Gasteiger partial charge in [0.1, 0.15) is 12.4 Å². The second-order valence-corrected chi connectivity index (χ2v) is 16.5. The molecule has 218 valence electrons. The fourth-order valence-electron chi connectivity index (χ4n) is 11.2. The van der Waals surface area contributed by atoms with Crippen LogP contribution in [0.2, 0.25) is 0 Å². The molecule has 0 spiro atoms. The Morgan fingerprint density at radius 1 is 0.875 bits per heavy atom. The molecule has 4 saturated carbocycles. The van der Waals surface area contributed by atoms with Crippen molar-refractivity contribution >= 4 is 11.8 Å². The van der Waals surface area contributed by atoms with Gasteiger partial charge in [0.25, 0.3) is 0 Å². The molecule has 1 aromatic rings. The van der Waals surface area contributed by atoms with Gasteiger partial charge in [0.2, 0.25) is 0 Å². The fourth-order valence-corrected chi connectivity index (χ4v) is 11.2. The number of benzene rings is 1. The summed E-state index contributed by atoms with van der Waals surface area (Å²) in [6.45, 7) is 17.3. The highest BCUT2D eigenvalue weighted by molar-refractivity contribution is 5.85. The van der Waals surface area contributed by atoms with Crippen molar-refractivity contribution in [3.05, 3.63) is 47.5 Å². The molecule has 0 bridgehead atoms. The van der Waals surface area contributed by atoms with E-state index in [9.17, 15) is 9.59 Å². The molecule has 6 rings (SSSR count). The van der Waals surface area contributed by atoms with Gasteiger partial charge in [-0.25, -0.2) is 0 Å². The predicted octanol–water partition coefficient (Wildman–Crippen LogP) is 9.10. The molecule has 3 nitrogen and oxygen atoms in total. The van der Waals surface area contributed by atoms with Gasteiger partial charge in [-0.1, -0.05) is 83.5 Å². The first-order valence-electron chi connectivity index (χ1n) is 16.1. The minimum Gasteiger partial charge on any atom is -0.460 e. The summed E-state index contributed by atoms with van der Waals surface area (Å²) in [7, 11) is 0. The third-order valence-electron chi connectivity index (χ3n) is 14.3. The second-order valence-electron chi connectivity index (χ2n) is 16.5. The number of ketones is 1. The van der Waals surface area contributed by atoms with Crippen LogP contribution in [0.4, 0.5) is 0 Å². The van der Waals surface area contributed by atoms with Crippen molar-refractivity contribution in [3.63, 3.8) is 0 Å². The molecular weight excluding hydrogens is 492 g/mol. The third kappa shape index (κ3) is 3.81. The average Bonchev–Trinajstić information content (AvgIpc) is 2.91. The van der Waals surface area contributed by atoms with E-state index in [1.54, 1.807) is 5.57 Å². The van der Waals surface area contributed by atoms with Gasteiger partial charge in [-0.2, -0.15) is 0 Å². The monoisotopic (exact) mass is 544 g/mol. The summed E-state index contributed by atoms with van der Waals surface area (Å²) in [5.74, 6) is 1.97. The van der Waals surface area contributed by atoms with E-state index >= 15 is 0 Å². The zero-order valence-electron chi connectivity index (χ0n) is 26.2. The molecule has 0 heterocycles. The number of fused-ring (bicyclic) bond motifs is 7. The summed E-state index contributed by atoms with van der Waals surface area (Å²) in [4.78, 5) is 26.7. The molecule has 0 saturated heterocycles. The third-order valence-corrected chi connectivity index (χ3v) is 14.3. The highest BCUT2D eigenvalue weighted by Crippen LogP contribution is 2.75. The lowest BCUT2D eigenvalue weighted by Gasteiger charge is -2.70. The van der Waals surface area contributed by atoms with Gasteiger partial charge in [-0.05, 0) is 110 Å². The largest absolute Gasteiger partial charge is 0.460 e. The first kappa shape index (κ1) is 28.2. The highest BCUT2D eigenvalue weighted by atomic mass is 16.5. The van der Waals surface area contributed by atoms with E-state index in [1.165, 1.54) is 19.3 Å². The number of rotatable bonds is 3. The maximum absolute atomic E-state index is 13.6. The Balaban J connectivity index is 1.30. The van der Waals surface area contributed by atoms with Crippen molar-refractivity contribution < 1.29 is 14.3 Å². The summed E-state index contributed by atoms with van der Waals surface area (Å²) in [6, 6.07) is 10.1. The predicted molar refractivity (Wildman–Crippen MR) is 160 cm³/mol. The van der Waals surface area contributed by atoms with Crippen LogP contribution in [0, 0.1) is 50.2 Å². The zero-order valence-corrected chi connectivity index (χ0v) is 26.2. The van der Waals surface area contributed by atoms with Crippen molar-refractivity contribution in [3.8, 4) is 0 Å². The normalized spacial score (nSPS) is 45.7. The lowest BCUT2D eigenvalue weighted by Crippen LogP contribution is -2.64. The van der Waals surface area contributed by atoms with Crippen LogP contribution >= 0.6 is 0 Å². The molecule has 0 amide bonds. The van der Waals surface area contributed by atoms with E-state index < -0.39 is 5.41 Å². The molecule has 4 fully saturated rings. The molecule has 1 aromatic carbocycles. The van der Waals surface area contributed by atoms with E-state index in [0.717, 1.165) is 50.5 Å². The second kappa shape index (κ2) is 9.05. The number of esters is 1. The van der Waals surface area contributed by atoms with Crippen LogP contribution < -0.4 is 0 Å². The number of Topliss-reactive ketones (excluding diaryl/α,β-unsaturated/α-hetero) is 1. The summed E-state index contributed by atoms with van der Waals surface area (Å²) >= 11 is 0. The van der Waals surface area contributed by atoms with Crippen LogP contribution in [0.3, 0.4) is 0 Å². The Labute approximate surface area is 242 Å². The SMILES string of the molecule is CC1(C)C(=O)CC[C@]2(C)[C@H]3CC=C4[C@@H]5C[C@@](C)(C(=O)OCc6ccccc6)CC[C@]5(C)CC[C@@]4(C)[C@]3(C)CC[C@@H]12. The van der Waals surface area contributed by atoms with Gasteiger partial charge in [0.05, 0.1) is 5.41 Å². The van der Waals surface area contributed by atoms with Crippen molar-refractivity contribution in [2.24, 2.45) is 50.2 Å². The molecule has 8 atom stereocenters. The molecule has 0 unspecified atom stereocenters. The quantitative estimate of drug-likeness (QED) is 0.281. The molecule has 40 heavy (non-hydrogen) atoms. The number of carbonyl (C=O) groups is 2. The minimum absolute atomic E-state index is 0.0201. The highest BCUT2D eigenvalue weighted by Gasteiger charge is 2.68. The van der Waals surface area contributed by atoms with E-state index in [-0.39, 0.29) is 33.0 Å². The standard InChI is InChI=1S/C37H52O3/c1-32(2)28-15-18-37(7)29(35(28,5)17-16-30(32)38)14-13-26-27-23-34(4,20-19-33(27,3)21-22-36(26,37)6)31(39)40-24-25-11-9-8-10-12-25/h8-13,27-29H,14-24H2,1-7H3/t27-,28-,29+,33+,34-,35-,36+,37+/m0/s1. The summed E-state index contributed by atoms with van der Waals surface area (Å²) in [5.41, 5.74) is 2.90. The van der Waals surface area contributed by atoms with E-state index in [2.05, 4.69) is 54.5 Å². The van der Waals surface area contributed by atoms with Gasteiger partial charge < -0.3 is 4.74 Å². The lowest BCUT2D eigenvalue weighted by molar-refractivity contribution is -0.186. The first-order valence-corrected chi connectivity index (χ1v) is 16.1. The molecular formula is C37H52O3. The zero-order chi connectivity index (χ0) is 28.8. The number of ether oxygens (including phenoxy) is 1. The van der Waals surface area contributed by atoms with Crippen LogP contribution in [-0.4, -0.2) is 11.8 Å². The Morgan fingerprint density at radius 2 is 1.57 bits per heavy atom. The Morgan fingerprint density at radius 3 is 2.30 bits per heavy atom. The van der Waals surface area contributed by atoms with Gasteiger partial charge in [0, 0.05) is 11.8 Å². The van der Waals surface area contributed by atoms with Crippen molar-refractivity contribution in [1.29, 1.82) is 0 Å². The fraction of sp³-hybridized carbons (Fsp3) is 0.730. The minimum atomic E-state index is -0.437. The maximum Gasteiger partial charge on any atom is 0.312 e. The molecule has 0 aromatic heterocycles. The molecule has 5 aliphatic rings. The number of hydrogen-bond acceptors (Lipinski definition) is 3. The van der Waals surface area contributed by atoms with Crippen LogP contribution in [0.1, 0.15) is 118 Å². The average molecular weight is 545 g/mol. The Kier molecular flexibility index (Phi) is 6.39. The van der Waals surface area contributed by atoms with E-state index in [4.69, 9.17) is 4.74 Å². The van der Waals surface area contributed by atoms with E-state index in [0.29, 0.717) is 30.1 Å². The molecule has 0 radical (unpaired) electrons. The van der Waals surface area contributed by atoms with Crippen LogP contribution in [0.5, 0.6) is 0 Å². The van der Waals surface area contributed by atoms with Gasteiger partial charge >= 0.3 is 5.97 Å². The smallest absolute Gasteiger partial charge is 0.312 e. The summed E-state index contributed by atoms with van der Waals surface area (Å²) < 4.78 is 5.96. The molecule has 0 N–H and O–H groups in total. The Bertz CT molecular complexity index is 1230. The van der Waals surface area contributed by atoms with Crippen LogP contribution in [-0.2, 0) is 20.9 Å². The van der Waals surface area contributed by atoms with Gasteiger partial charge in [-0.15, -0.1) is 0 Å². The number of hydrogen-bond donors (Lipinski definition) is 0. The van der Waals surface area contributed by atoms with Gasteiger partial charge in [-0.3, -0.25) is 9.59 Å². The molecule has 5 aliphatic carbocycles. The van der Waals surface area contributed by atoms with Crippen LogP contribution in [0.25, 0.3) is 0 Å². The lowest BCUT2D eigenvalue weighted by atomic mass is 9.33. The number of carbonyl (C=O) groups excluding carboxylic acids is 2. The van der Waals surface area contributed by atoms with E-state index in [1.807, 2.05) is 30.3 Å². The summed E-state index contributed by atoms with van der Waals surface area (Å²) in [6.07, 6.45) is 13.4. The summed E-state index contributed by atoms with van der Waals surface area (Å²) in [5, 5.41) is 0. The van der Waals surface area contributed by atoms with Crippen molar-refractivity contribution in [2.75, 3.05) is 0 Å². The number of allylic oxidation sites excluding steroid dienone is 2. The Hall–Kier alpha value is -1.90. The van der Waals surface area contributed by atoms with Crippen molar-refractivity contribution in [1.82, 2.24) is 0 Å². The van der Waals surface area contributed by atoms with Gasteiger partial charge in [0.15, 0.2) is 0 Å². The topological polar surface area (TPSA) is 43.4 Å². The molecule has 3 heteroatoms. The molecule has 0 aliphatic heterocycles. The van der Waals surface area contributed by atoms with Crippen molar-refractivity contribution in [2.45, 2.75) is 119 Å². The van der Waals surface area contributed by atoms with Crippen LogP contribution in [0.15, 0.2) is 42.0 Å². The maximum atomic E-state index is 13.6.